The zero-order chi connectivity index (χ0) is 14.4. The van der Waals surface area contributed by atoms with Crippen molar-refractivity contribution in [2.24, 2.45) is 0 Å². The predicted octanol–water partition coefficient (Wildman–Crippen LogP) is 0.435. The average Bonchev–Trinajstić information content (AvgIpc) is 2.42. The molecular formula is C15H29N3O2. The molecule has 0 aromatic rings. The number of likely N-dealkylation sites (N-methyl/N-ethyl adjacent to an activating group) is 1. The molecule has 2 N–H and O–H groups in total. The first-order chi connectivity index (χ1) is 9.61. The molecule has 1 aliphatic heterocycles. The van der Waals surface area contributed by atoms with E-state index in [4.69, 9.17) is 0 Å². The highest BCUT2D eigenvalue weighted by Crippen LogP contribution is 2.29. The Kier molecular flexibility index (Phi) is 5.81. The minimum atomic E-state index is -0.458. The zero-order valence-electron chi connectivity index (χ0n) is 12.7. The summed E-state index contributed by atoms with van der Waals surface area (Å²) in [5.41, 5.74) is -0.458. The second-order valence-corrected chi connectivity index (χ2v) is 6.29. The molecule has 0 bridgehead atoms. The van der Waals surface area contributed by atoms with E-state index < -0.39 is 5.60 Å². The van der Waals surface area contributed by atoms with Crippen LogP contribution in [0.25, 0.3) is 0 Å². The Morgan fingerprint density at radius 3 is 2.30 bits per heavy atom. The van der Waals surface area contributed by atoms with E-state index in [9.17, 15) is 9.90 Å². The number of rotatable bonds is 5. The highest BCUT2D eigenvalue weighted by molar-refractivity contribution is 5.77. The monoisotopic (exact) mass is 283 g/mol. The summed E-state index contributed by atoms with van der Waals surface area (Å²) in [6.45, 7) is 7.73. The van der Waals surface area contributed by atoms with E-state index in [1.807, 2.05) is 6.92 Å². The summed E-state index contributed by atoms with van der Waals surface area (Å²) in [6.07, 6.45) is 5.49. The van der Waals surface area contributed by atoms with E-state index in [-0.39, 0.29) is 5.91 Å². The first kappa shape index (κ1) is 15.7. The van der Waals surface area contributed by atoms with Gasteiger partial charge in [-0.15, -0.1) is 0 Å². The molecule has 0 radical (unpaired) electrons. The highest BCUT2D eigenvalue weighted by atomic mass is 16.3. The molecule has 116 valence electrons. The maximum absolute atomic E-state index is 11.6. The van der Waals surface area contributed by atoms with Gasteiger partial charge in [0, 0.05) is 39.3 Å². The molecule has 1 saturated carbocycles. The Bertz CT molecular complexity index is 308. The number of hydrogen-bond acceptors (Lipinski definition) is 4. The van der Waals surface area contributed by atoms with Gasteiger partial charge in [0.2, 0.25) is 5.91 Å². The van der Waals surface area contributed by atoms with Crippen LogP contribution in [0.4, 0.5) is 0 Å². The summed E-state index contributed by atoms with van der Waals surface area (Å²) in [7, 11) is 0. The van der Waals surface area contributed by atoms with Crippen LogP contribution in [-0.4, -0.2) is 72.2 Å². The smallest absolute Gasteiger partial charge is 0.234 e. The molecule has 0 unspecified atom stereocenters. The molecule has 1 amide bonds. The van der Waals surface area contributed by atoms with Crippen LogP contribution in [0.2, 0.25) is 0 Å². The van der Waals surface area contributed by atoms with Crippen molar-refractivity contribution in [1.29, 1.82) is 0 Å². The Morgan fingerprint density at radius 2 is 1.70 bits per heavy atom. The topological polar surface area (TPSA) is 55.8 Å². The summed E-state index contributed by atoms with van der Waals surface area (Å²) in [4.78, 5) is 16.1. The molecule has 20 heavy (non-hydrogen) atoms. The predicted molar refractivity (Wildman–Crippen MR) is 79.6 cm³/mol. The fourth-order valence-corrected chi connectivity index (χ4v) is 3.35. The molecular weight excluding hydrogens is 254 g/mol. The third kappa shape index (κ3) is 4.72. The standard InChI is InChI=1S/C15H29N3O2/c1-2-16-14(19)12-17-8-10-18(11-9-17)13-15(20)6-4-3-5-7-15/h20H,2-13H2,1H3,(H,16,19). The number of amides is 1. The number of piperazine rings is 1. The second kappa shape index (κ2) is 7.38. The summed E-state index contributed by atoms with van der Waals surface area (Å²) in [6, 6.07) is 0. The van der Waals surface area contributed by atoms with Crippen molar-refractivity contribution in [3.05, 3.63) is 0 Å². The van der Waals surface area contributed by atoms with E-state index in [0.29, 0.717) is 13.1 Å². The lowest BCUT2D eigenvalue weighted by atomic mass is 9.84. The van der Waals surface area contributed by atoms with Gasteiger partial charge < -0.3 is 10.4 Å². The van der Waals surface area contributed by atoms with Crippen LogP contribution in [0.3, 0.4) is 0 Å². The van der Waals surface area contributed by atoms with E-state index in [0.717, 1.165) is 58.4 Å². The lowest BCUT2D eigenvalue weighted by molar-refractivity contribution is -0.122. The average molecular weight is 283 g/mol. The zero-order valence-corrected chi connectivity index (χ0v) is 12.7. The molecule has 0 aromatic carbocycles. The molecule has 1 aliphatic carbocycles. The van der Waals surface area contributed by atoms with Crippen LogP contribution in [0, 0.1) is 0 Å². The van der Waals surface area contributed by atoms with Crippen LogP contribution < -0.4 is 5.32 Å². The second-order valence-electron chi connectivity index (χ2n) is 6.29. The SMILES string of the molecule is CCNC(=O)CN1CCN(CC2(O)CCCCC2)CC1. The Labute approximate surface area is 122 Å². The van der Waals surface area contributed by atoms with Crippen molar-refractivity contribution >= 4 is 5.91 Å². The van der Waals surface area contributed by atoms with Crippen molar-refractivity contribution < 1.29 is 9.90 Å². The van der Waals surface area contributed by atoms with Crippen LogP contribution in [0.15, 0.2) is 0 Å². The van der Waals surface area contributed by atoms with Crippen LogP contribution in [0.1, 0.15) is 39.0 Å². The molecule has 0 spiro atoms. The van der Waals surface area contributed by atoms with Crippen molar-refractivity contribution in [2.75, 3.05) is 45.8 Å². The van der Waals surface area contributed by atoms with Gasteiger partial charge in [-0.2, -0.15) is 0 Å². The molecule has 2 fully saturated rings. The maximum atomic E-state index is 11.6. The van der Waals surface area contributed by atoms with Gasteiger partial charge in [0.05, 0.1) is 12.1 Å². The van der Waals surface area contributed by atoms with Gasteiger partial charge in [-0.05, 0) is 19.8 Å². The van der Waals surface area contributed by atoms with Gasteiger partial charge >= 0.3 is 0 Å². The number of aliphatic hydroxyl groups is 1. The van der Waals surface area contributed by atoms with Gasteiger partial charge in [-0.25, -0.2) is 0 Å². The molecule has 0 atom stereocenters. The Hall–Kier alpha value is -0.650. The minimum absolute atomic E-state index is 0.117. The largest absolute Gasteiger partial charge is 0.389 e. The number of β-amino-alcohol motifs (C(OH)–C–C–N with tert-alkyl or cyclic N) is 1. The summed E-state index contributed by atoms with van der Waals surface area (Å²) >= 11 is 0. The Balaban J connectivity index is 1.70. The van der Waals surface area contributed by atoms with Crippen molar-refractivity contribution in [2.45, 2.75) is 44.6 Å². The van der Waals surface area contributed by atoms with Crippen molar-refractivity contribution in [3.63, 3.8) is 0 Å². The van der Waals surface area contributed by atoms with Gasteiger partial charge in [0.1, 0.15) is 0 Å². The number of hydrogen-bond donors (Lipinski definition) is 2. The third-order valence-corrected chi connectivity index (χ3v) is 4.51. The lowest BCUT2D eigenvalue weighted by Crippen LogP contribution is -2.53. The number of nitrogens with zero attached hydrogens (tertiary/aromatic N) is 2. The summed E-state index contributed by atoms with van der Waals surface area (Å²) < 4.78 is 0. The number of carbonyl (C=O) groups is 1. The van der Waals surface area contributed by atoms with Crippen LogP contribution >= 0.6 is 0 Å². The molecule has 5 heteroatoms. The van der Waals surface area contributed by atoms with Gasteiger partial charge in [0.15, 0.2) is 0 Å². The Morgan fingerprint density at radius 1 is 1.10 bits per heavy atom. The normalized spacial score (nSPS) is 24.5. The first-order valence-electron chi connectivity index (χ1n) is 8.05. The van der Waals surface area contributed by atoms with E-state index in [2.05, 4.69) is 15.1 Å². The molecule has 2 aliphatic rings. The molecule has 1 heterocycles. The van der Waals surface area contributed by atoms with Gasteiger partial charge in [-0.1, -0.05) is 19.3 Å². The minimum Gasteiger partial charge on any atom is -0.389 e. The molecule has 1 saturated heterocycles. The maximum Gasteiger partial charge on any atom is 0.234 e. The van der Waals surface area contributed by atoms with Crippen molar-refractivity contribution in [1.82, 2.24) is 15.1 Å². The third-order valence-electron chi connectivity index (χ3n) is 4.51. The van der Waals surface area contributed by atoms with E-state index >= 15 is 0 Å². The molecule has 5 nitrogen and oxygen atoms in total. The number of nitrogens with one attached hydrogen (secondary N) is 1. The fraction of sp³-hybridized carbons (Fsp3) is 0.933. The fourth-order valence-electron chi connectivity index (χ4n) is 3.35. The van der Waals surface area contributed by atoms with E-state index in [1.54, 1.807) is 0 Å². The first-order valence-corrected chi connectivity index (χ1v) is 8.05. The number of carbonyl (C=O) groups excluding carboxylic acids is 1. The summed E-state index contributed by atoms with van der Waals surface area (Å²) in [5.74, 6) is 0.117. The van der Waals surface area contributed by atoms with Crippen molar-refractivity contribution in [3.8, 4) is 0 Å². The van der Waals surface area contributed by atoms with Crippen LogP contribution in [0.5, 0.6) is 0 Å². The summed E-state index contributed by atoms with van der Waals surface area (Å²) in [5, 5.41) is 13.4. The van der Waals surface area contributed by atoms with Gasteiger partial charge in [0.25, 0.3) is 0 Å². The lowest BCUT2D eigenvalue weighted by Gasteiger charge is -2.40. The molecule has 0 aromatic heterocycles. The highest BCUT2D eigenvalue weighted by Gasteiger charge is 2.32. The quantitative estimate of drug-likeness (QED) is 0.768. The van der Waals surface area contributed by atoms with Gasteiger partial charge in [-0.3, -0.25) is 14.6 Å². The molecule has 2 rings (SSSR count). The van der Waals surface area contributed by atoms with Crippen LogP contribution in [-0.2, 0) is 4.79 Å². The van der Waals surface area contributed by atoms with E-state index in [1.165, 1.54) is 6.42 Å².